The summed E-state index contributed by atoms with van der Waals surface area (Å²) in [5.74, 6) is -0.857. The molecule has 0 spiro atoms. The Hall–Kier alpha value is -1.14. The minimum atomic E-state index is -0.693. The number of nitrogens with one attached hydrogen (secondary N) is 1. The van der Waals surface area contributed by atoms with Crippen molar-refractivity contribution in [2.24, 2.45) is 0 Å². The highest BCUT2D eigenvalue weighted by Crippen LogP contribution is 2.12. The van der Waals surface area contributed by atoms with Gasteiger partial charge in [0, 0.05) is 12.1 Å². The van der Waals surface area contributed by atoms with Crippen LogP contribution in [-0.4, -0.2) is 49.4 Å². The zero-order chi connectivity index (χ0) is 15.2. The number of amides is 1. The molecule has 1 N–H and O–H groups in total. The van der Waals surface area contributed by atoms with Crippen LogP contribution in [0.15, 0.2) is 0 Å². The van der Waals surface area contributed by atoms with E-state index in [2.05, 4.69) is 5.32 Å². The van der Waals surface area contributed by atoms with Crippen LogP contribution in [0.4, 0.5) is 0 Å². The number of ether oxygens (including phenoxy) is 3. The van der Waals surface area contributed by atoms with E-state index in [9.17, 15) is 9.59 Å². The first-order chi connectivity index (χ1) is 9.28. The number of hydrogen-bond donors (Lipinski definition) is 1. The lowest BCUT2D eigenvalue weighted by atomic mass is 10.1. The zero-order valence-electron chi connectivity index (χ0n) is 12.7. The molecule has 1 fully saturated rings. The molecule has 1 heterocycles. The topological polar surface area (TPSA) is 73.9 Å². The van der Waals surface area contributed by atoms with Gasteiger partial charge in [-0.15, -0.1) is 0 Å². The summed E-state index contributed by atoms with van der Waals surface area (Å²) in [6, 6.07) is 0. The van der Waals surface area contributed by atoms with Crippen molar-refractivity contribution < 1.29 is 23.8 Å². The van der Waals surface area contributed by atoms with E-state index >= 15 is 0 Å². The summed E-state index contributed by atoms with van der Waals surface area (Å²) in [4.78, 5) is 23.2. The summed E-state index contributed by atoms with van der Waals surface area (Å²) in [7, 11) is 0. The van der Waals surface area contributed by atoms with Crippen LogP contribution in [0.5, 0.6) is 0 Å². The van der Waals surface area contributed by atoms with Gasteiger partial charge in [0.25, 0.3) is 5.91 Å². The molecule has 0 aromatic carbocycles. The van der Waals surface area contributed by atoms with Gasteiger partial charge in [0.1, 0.15) is 0 Å². The van der Waals surface area contributed by atoms with Gasteiger partial charge in [0.15, 0.2) is 12.7 Å². The van der Waals surface area contributed by atoms with E-state index in [4.69, 9.17) is 14.2 Å². The second-order valence-corrected chi connectivity index (χ2v) is 6.02. The van der Waals surface area contributed by atoms with Gasteiger partial charge >= 0.3 is 5.97 Å². The summed E-state index contributed by atoms with van der Waals surface area (Å²) >= 11 is 0. The van der Waals surface area contributed by atoms with Crippen molar-refractivity contribution in [2.45, 2.75) is 58.3 Å². The van der Waals surface area contributed by atoms with Crippen molar-refractivity contribution in [3.05, 3.63) is 0 Å². The fourth-order valence-corrected chi connectivity index (χ4v) is 1.80. The van der Waals surface area contributed by atoms with Crippen molar-refractivity contribution in [3.8, 4) is 0 Å². The Morgan fingerprint density at radius 3 is 2.65 bits per heavy atom. The van der Waals surface area contributed by atoms with Crippen LogP contribution in [0.1, 0.15) is 40.5 Å². The van der Waals surface area contributed by atoms with Gasteiger partial charge in [-0.1, -0.05) is 0 Å². The van der Waals surface area contributed by atoms with Crippen molar-refractivity contribution in [1.29, 1.82) is 0 Å². The number of hydrogen-bond acceptors (Lipinski definition) is 5. The highest BCUT2D eigenvalue weighted by Gasteiger charge is 2.22. The molecule has 0 saturated carbocycles. The Kier molecular flexibility index (Phi) is 6.42. The van der Waals surface area contributed by atoms with Crippen LogP contribution in [0.2, 0.25) is 0 Å². The van der Waals surface area contributed by atoms with E-state index in [0.29, 0.717) is 6.61 Å². The third kappa shape index (κ3) is 6.86. The molecule has 0 aromatic rings. The maximum atomic E-state index is 11.6. The van der Waals surface area contributed by atoms with Gasteiger partial charge in [0.2, 0.25) is 0 Å². The fourth-order valence-electron chi connectivity index (χ4n) is 1.80. The normalized spacial score (nSPS) is 20.5. The predicted molar refractivity (Wildman–Crippen MR) is 73.2 cm³/mol. The largest absolute Gasteiger partial charge is 0.454 e. The smallest absolute Gasteiger partial charge is 0.335 e. The van der Waals surface area contributed by atoms with Crippen LogP contribution in [0.25, 0.3) is 0 Å². The van der Waals surface area contributed by atoms with Gasteiger partial charge in [-0.3, -0.25) is 4.79 Å². The highest BCUT2D eigenvalue weighted by atomic mass is 16.6. The first-order valence-electron chi connectivity index (χ1n) is 6.99. The van der Waals surface area contributed by atoms with Crippen LogP contribution in [-0.2, 0) is 23.8 Å². The third-order valence-corrected chi connectivity index (χ3v) is 2.75. The summed E-state index contributed by atoms with van der Waals surface area (Å²) < 4.78 is 15.7. The molecule has 2 atom stereocenters. The molecule has 0 aliphatic carbocycles. The molecule has 116 valence electrons. The van der Waals surface area contributed by atoms with Gasteiger partial charge in [-0.25, -0.2) is 4.79 Å². The maximum absolute atomic E-state index is 11.6. The first-order valence-corrected chi connectivity index (χ1v) is 6.99. The molecule has 0 bridgehead atoms. The Labute approximate surface area is 120 Å². The minimum absolute atomic E-state index is 0.0643. The average molecular weight is 287 g/mol. The molecule has 6 nitrogen and oxygen atoms in total. The lowest BCUT2D eigenvalue weighted by Gasteiger charge is -2.20. The summed E-state index contributed by atoms with van der Waals surface area (Å²) in [6.45, 7) is 8.03. The number of carbonyl (C=O) groups is 2. The lowest BCUT2D eigenvalue weighted by Crippen LogP contribution is -2.43. The molecular weight excluding hydrogens is 262 g/mol. The molecule has 1 saturated heterocycles. The first kappa shape index (κ1) is 16.9. The predicted octanol–water partition coefficient (Wildman–Crippen LogP) is 1.03. The van der Waals surface area contributed by atoms with Crippen LogP contribution in [0, 0.1) is 0 Å². The Bertz CT molecular complexity index is 331. The number of rotatable bonds is 6. The maximum Gasteiger partial charge on any atom is 0.335 e. The molecule has 6 heteroatoms. The van der Waals surface area contributed by atoms with Crippen molar-refractivity contribution in [1.82, 2.24) is 5.32 Å². The average Bonchev–Trinajstić information content (AvgIpc) is 2.83. The number of esters is 1. The Morgan fingerprint density at radius 1 is 1.40 bits per heavy atom. The molecule has 1 amide bonds. The van der Waals surface area contributed by atoms with E-state index in [0.717, 1.165) is 19.4 Å². The monoisotopic (exact) mass is 287 g/mol. The quantitative estimate of drug-likeness (QED) is 0.739. The zero-order valence-corrected chi connectivity index (χ0v) is 12.7. The summed E-state index contributed by atoms with van der Waals surface area (Å²) in [5.41, 5.74) is -0.342. The second-order valence-electron chi connectivity index (χ2n) is 6.02. The van der Waals surface area contributed by atoms with E-state index in [1.807, 2.05) is 20.8 Å². The minimum Gasteiger partial charge on any atom is -0.454 e. The van der Waals surface area contributed by atoms with Crippen molar-refractivity contribution in [3.63, 3.8) is 0 Å². The van der Waals surface area contributed by atoms with Gasteiger partial charge < -0.3 is 19.5 Å². The van der Waals surface area contributed by atoms with Gasteiger partial charge in [-0.2, -0.15) is 0 Å². The Morgan fingerprint density at radius 2 is 2.10 bits per heavy atom. The molecule has 0 radical (unpaired) electrons. The molecular formula is C14H25NO5. The van der Waals surface area contributed by atoms with E-state index in [1.54, 1.807) is 6.92 Å². The molecule has 1 aliphatic heterocycles. The number of carbonyl (C=O) groups excluding carboxylic acids is 2. The molecule has 1 aliphatic rings. The standard InChI is InChI=1S/C14H25NO5/c1-10(19-8-11-6-5-7-18-11)13(17)20-9-12(16)15-14(2,3)4/h10-11H,5-9H2,1-4H3,(H,15,16). The third-order valence-electron chi connectivity index (χ3n) is 2.75. The summed E-state index contributed by atoms with van der Waals surface area (Å²) in [5, 5.41) is 2.71. The van der Waals surface area contributed by atoms with E-state index in [1.165, 1.54) is 0 Å². The lowest BCUT2D eigenvalue weighted by molar-refractivity contribution is -0.160. The van der Waals surface area contributed by atoms with E-state index < -0.39 is 12.1 Å². The Balaban J connectivity index is 2.18. The van der Waals surface area contributed by atoms with Crippen LogP contribution in [0.3, 0.4) is 0 Å². The van der Waals surface area contributed by atoms with Gasteiger partial charge in [-0.05, 0) is 40.5 Å². The molecule has 2 unspecified atom stereocenters. The second kappa shape index (κ2) is 7.59. The highest BCUT2D eigenvalue weighted by molar-refractivity contribution is 5.82. The molecule has 20 heavy (non-hydrogen) atoms. The fraction of sp³-hybridized carbons (Fsp3) is 0.857. The van der Waals surface area contributed by atoms with Crippen LogP contribution < -0.4 is 5.32 Å². The molecule has 0 aromatic heterocycles. The van der Waals surface area contributed by atoms with Crippen molar-refractivity contribution >= 4 is 11.9 Å². The SMILES string of the molecule is CC(OCC1CCCO1)C(=O)OCC(=O)NC(C)(C)C. The van der Waals surface area contributed by atoms with E-state index in [-0.39, 0.29) is 24.2 Å². The van der Waals surface area contributed by atoms with Crippen molar-refractivity contribution in [2.75, 3.05) is 19.8 Å². The summed E-state index contributed by atoms with van der Waals surface area (Å²) in [6.07, 6.45) is 1.35. The van der Waals surface area contributed by atoms with Gasteiger partial charge in [0.05, 0.1) is 12.7 Å². The molecule has 1 rings (SSSR count). The van der Waals surface area contributed by atoms with Crippen LogP contribution >= 0.6 is 0 Å².